The second kappa shape index (κ2) is 12.0. The Hall–Kier alpha value is -3.51. The van der Waals surface area contributed by atoms with Gasteiger partial charge in [0, 0.05) is 38.4 Å². The smallest absolute Gasteiger partial charge is 0.251 e. The molecule has 6 heteroatoms. The molecular weight excluding hydrogens is 450 g/mol. The minimum absolute atomic E-state index is 0.0498. The number of likely N-dealkylation sites (tertiary alicyclic amines) is 1. The highest BCUT2D eigenvalue weighted by Gasteiger charge is 2.21. The molecule has 1 aliphatic rings. The monoisotopic (exact) mass is 487 g/mol. The van der Waals surface area contributed by atoms with E-state index in [0.29, 0.717) is 18.0 Å². The van der Waals surface area contributed by atoms with Gasteiger partial charge in [0.1, 0.15) is 0 Å². The summed E-state index contributed by atoms with van der Waals surface area (Å²) >= 11 is 0. The van der Waals surface area contributed by atoms with Crippen molar-refractivity contribution < 1.29 is 14.3 Å². The summed E-state index contributed by atoms with van der Waals surface area (Å²) in [6, 6.07) is 22.5. The fourth-order valence-corrected chi connectivity index (χ4v) is 4.76. The number of anilines is 1. The molecule has 0 unspecified atom stereocenters. The first-order chi connectivity index (χ1) is 17.5. The van der Waals surface area contributed by atoms with Gasteiger partial charge in [-0.05, 0) is 84.9 Å². The predicted octanol–water partition coefficient (Wildman–Crippen LogP) is 5.08. The van der Waals surface area contributed by atoms with Gasteiger partial charge in [0.2, 0.25) is 0 Å². The summed E-state index contributed by atoms with van der Waals surface area (Å²) in [6.45, 7) is 3.59. The number of ether oxygens (including phenoxy) is 2. The van der Waals surface area contributed by atoms with Crippen LogP contribution in [-0.4, -0.2) is 52.2 Å². The third kappa shape index (κ3) is 6.38. The summed E-state index contributed by atoms with van der Waals surface area (Å²) in [5.41, 5.74) is 5.50. The third-order valence-corrected chi connectivity index (χ3v) is 6.99. The van der Waals surface area contributed by atoms with E-state index in [9.17, 15) is 4.79 Å². The maximum Gasteiger partial charge on any atom is 0.251 e. The van der Waals surface area contributed by atoms with Crippen molar-refractivity contribution in [1.29, 1.82) is 0 Å². The molecule has 6 nitrogen and oxygen atoms in total. The largest absolute Gasteiger partial charge is 0.493 e. The highest BCUT2D eigenvalue weighted by atomic mass is 16.5. The van der Waals surface area contributed by atoms with Gasteiger partial charge >= 0.3 is 0 Å². The fraction of sp³-hybridized carbons (Fsp3) is 0.367. The van der Waals surface area contributed by atoms with Crippen LogP contribution in [0, 0.1) is 0 Å². The molecule has 0 spiro atoms. The molecule has 4 rings (SSSR count). The van der Waals surface area contributed by atoms with Gasteiger partial charge in [0.25, 0.3) is 5.91 Å². The number of hydrogen-bond donors (Lipinski definition) is 1. The molecular formula is C30H37N3O3. The van der Waals surface area contributed by atoms with Crippen LogP contribution >= 0.6 is 0 Å². The lowest BCUT2D eigenvalue weighted by Crippen LogP contribution is -2.32. The van der Waals surface area contributed by atoms with Gasteiger partial charge in [-0.2, -0.15) is 0 Å². The first-order valence-corrected chi connectivity index (χ1v) is 12.5. The molecule has 1 amide bonds. The van der Waals surface area contributed by atoms with E-state index in [2.05, 4.69) is 46.6 Å². The average Bonchev–Trinajstić information content (AvgIpc) is 2.92. The normalized spacial score (nSPS) is 14.3. The summed E-state index contributed by atoms with van der Waals surface area (Å²) in [5.74, 6) is 2.07. The Bertz CT molecular complexity index is 1140. The lowest BCUT2D eigenvalue weighted by molar-refractivity contribution is 0.0951. The Balaban J connectivity index is 1.25. The van der Waals surface area contributed by atoms with Crippen molar-refractivity contribution in [1.82, 2.24) is 10.2 Å². The zero-order chi connectivity index (χ0) is 25.5. The second-order valence-electron chi connectivity index (χ2n) is 9.61. The first-order valence-electron chi connectivity index (χ1n) is 12.5. The minimum atomic E-state index is -0.0498. The van der Waals surface area contributed by atoms with E-state index < -0.39 is 0 Å². The van der Waals surface area contributed by atoms with Gasteiger partial charge in [0.15, 0.2) is 11.5 Å². The Morgan fingerprint density at radius 3 is 2.14 bits per heavy atom. The highest BCUT2D eigenvalue weighted by molar-refractivity contribution is 5.94. The Morgan fingerprint density at radius 2 is 1.53 bits per heavy atom. The van der Waals surface area contributed by atoms with E-state index in [-0.39, 0.29) is 5.91 Å². The quantitative estimate of drug-likeness (QED) is 0.456. The standard InChI is InChI=1S/C30H37N3O3/c1-32(2)27-12-10-26(11-13-27)30(34)31-20-22-5-8-24(9-6-22)25-15-17-33(18-16-25)21-23-7-14-28(35-3)29(19-23)36-4/h5-14,19,25H,15-18,20-21H2,1-4H3,(H,31,34). The molecule has 36 heavy (non-hydrogen) atoms. The molecule has 0 aliphatic carbocycles. The minimum Gasteiger partial charge on any atom is -0.493 e. The second-order valence-corrected chi connectivity index (χ2v) is 9.61. The average molecular weight is 488 g/mol. The number of hydrogen-bond acceptors (Lipinski definition) is 5. The van der Waals surface area contributed by atoms with Crippen molar-refractivity contribution >= 4 is 11.6 Å². The fourth-order valence-electron chi connectivity index (χ4n) is 4.76. The van der Waals surface area contributed by atoms with E-state index in [0.717, 1.165) is 55.2 Å². The van der Waals surface area contributed by atoms with Gasteiger partial charge < -0.3 is 19.7 Å². The van der Waals surface area contributed by atoms with Crippen molar-refractivity contribution in [2.45, 2.75) is 31.8 Å². The van der Waals surface area contributed by atoms with Crippen molar-refractivity contribution in [3.05, 3.63) is 89.0 Å². The number of carbonyl (C=O) groups excluding carboxylic acids is 1. The molecule has 190 valence electrons. The maximum absolute atomic E-state index is 12.5. The summed E-state index contributed by atoms with van der Waals surface area (Å²) in [7, 11) is 7.32. The van der Waals surface area contributed by atoms with Crippen molar-refractivity contribution in [2.24, 2.45) is 0 Å². The zero-order valence-corrected chi connectivity index (χ0v) is 21.8. The van der Waals surface area contributed by atoms with Gasteiger partial charge in [-0.1, -0.05) is 30.3 Å². The molecule has 0 aromatic heterocycles. The van der Waals surface area contributed by atoms with E-state index in [4.69, 9.17) is 9.47 Å². The number of methoxy groups -OCH3 is 2. The molecule has 1 heterocycles. The van der Waals surface area contributed by atoms with Crippen LogP contribution in [-0.2, 0) is 13.1 Å². The van der Waals surface area contributed by atoms with Crippen LogP contribution in [0.15, 0.2) is 66.7 Å². The molecule has 0 radical (unpaired) electrons. The molecule has 0 bridgehead atoms. The van der Waals surface area contributed by atoms with Gasteiger partial charge in [0.05, 0.1) is 14.2 Å². The van der Waals surface area contributed by atoms with Crippen molar-refractivity contribution in [2.75, 3.05) is 46.3 Å². The van der Waals surface area contributed by atoms with Crippen LogP contribution in [0.2, 0.25) is 0 Å². The van der Waals surface area contributed by atoms with E-state index in [1.54, 1.807) is 14.2 Å². The van der Waals surface area contributed by atoms with Crippen LogP contribution in [0.1, 0.15) is 45.8 Å². The lowest BCUT2D eigenvalue weighted by atomic mass is 9.89. The topological polar surface area (TPSA) is 54.0 Å². The first kappa shape index (κ1) is 25.6. The van der Waals surface area contributed by atoms with Crippen LogP contribution in [0.5, 0.6) is 11.5 Å². The zero-order valence-electron chi connectivity index (χ0n) is 21.8. The molecule has 1 saturated heterocycles. The van der Waals surface area contributed by atoms with E-state index in [1.807, 2.05) is 49.3 Å². The number of nitrogens with zero attached hydrogens (tertiary/aromatic N) is 2. The molecule has 1 N–H and O–H groups in total. The predicted molar refractivity (Wildman–Crippen MR) is 145 cm³/mol. The Kier molecular flexibility index (Phi) is 8.49. The molecule has 1 aliphatic heterocycles. The maximum atomic E-state index is 12.5. The number of piperidine rings is 1. The van der Waals surface area contributed by atoms with Crippen molar-refractivity contribution in [3.8, 4) is 11.5 Å². The third-order valence-electron chi connectivity index (χ3n) is 6.99. The summed E-state index contributed by atoms with van der Waals surface area (Å²) in [5, 5.41) is 3.03. The van der Waals surface area contributed by atoms with Crippen LogP contribution in [0.4, 0.5) is 5.69 Å². The Morgan fingerprint density at radius 1 is 0.889 bits per heavy atom. The van der Waals surface area contributed by atoms with Crippen LogP contribution < -0.4 is 19.7 Å². The molecule has 1 fully saturated rings. The van der Waals surface area contributed by atoms with Crippen LogP contribution in [0.3, 0.4) is 0 Å². The summed E-state index contributed by atoms with van der Waals surface area (Å²) in [6.07, 6.45) is 2.29. The van der Waals surface area contributed by atoms with E-state index in [1.165, 1.54) is 11.1 Å². The Labute approximate surface area is 214 Å². The summed E-state index contributed by atoms with van der Waals surface area (Å²) in [4.78, 5) is 17.0. The number of rotatable bonds is 9. The van der Waals surface area contributed by atoms with Crippen LogP contribution in [0.25, 0.3) is 0 Å². The number of benzene rings is 3. The van der Waals surface area contributed by atoms with Gasteiger partial charge in [-0.15, -0.1) is 0 Å². The lowest BCUT2D eigenvalue weighted by Gasteiger charge is -2.32. The molecule has 0 atom stereocenters. The molecule has 3 aromatic rings. The number of amides is 1. The number of carbonyl (C=O) groups is 1. The molecule has 0 saturated carbocycles. The molecule has 3 aromatic carbocycles. The van der Waals surface area contributed by atoms with E-state index >= 15 is 0 Å². The van der Waals surface area contributed by atoms with Crippen molar-refractivity contribution in [3.63, 3.8) is 0 Å². The highest BCUT2D eigenvalue weighted by Crippen LogP contribution is 2.31. The summed E-state index contributed by atoms with van der Waals surface area (Å²) < 4.78 is 10.8. The van der Waals surface area contributed by atoms with Gasteiger partial charge in [-0.3, -0.25) is 9.69 Å². The number of nitrogens with one attached hydrogen (secondary N) is 1. The van der Waals surface area contributed by atoms with Gasteiger partial charge in [-0.25, -0.2) is 0 Å². The SMILES string of the molecule is COc1ccc(CN2CCC(c3ccc(CNC(=O)c4ccc(N(C)C)cc4)cc3)CC2)cc1OC.